The Balaban J connectivity index is 2.16. The van der Waals surface area contributed by atoms with Crippen LogP contribution in [0, 0.1) is 13.8 Å². The molecule has 2 aromatic heterocycles. The first-order chi connectivity index (χ1) is 10.0. The predicted molar refractivity (Wildman–Crippen MR) is 92.1 cm³/mol. The van der Waals surface area contributed by atoms with Crippen molar-refractivity contribution in [2.45, 2.75) is 53.1 Å². The van der Waals surface area contributed by atoms with Gasteiger partial charge in [-0.2, -0.15) is 5.10 Å². The van der Waals surface area contributed by atoms with Gasteiger partial charge in [0.1, 0.15) is 0 Å². The highest BCUT2D eigenvalue weighted by molar-refractivity contribution is 9.10. The maximum Gasteiger partial charge on any atom is 0.0943 e. The molecule has 0 saturated heterocycles. The Hall–Kier alpha value is -0.720. The topological polar surface area (TPSA) is 42.7 Å². The van der Waals surface area contributed by atoms with Gasteiger partial charge in [-0.15, -0.1) is 11.3 Å². The number of hydrogen-bond donors (Lipinski definition) is 1. The Morgan fingerprint density at radius 1 is 1.33 bits per heavy atom. The molecule has 2 heterocycles. The maximum absolute atomic E-state index is 4.59. The van der Waals surface area contributed by atoms with E-state index >= 15 is 0 Å². The molecule has 2 aromatic rings. The zero-order valence-electron chi connectivity index (χ0n) is 13.1. The minimum Gasteiger partial charge on any atom is -0.313 e. The number of rotatable bonds is 7. The van der Waals surface area contributed by atoms with Gasteiger partial charge in [-0.3, -0.25) is 4.68 Å². The number of nitrogens with zero attached hydrogens (tertiary/aromatic N) is 3. The molecule has 2 rings (SSSR count). The van der Waals surface area contributed by atoms with E-state index in [1.54, 1.807) is 11.3 Å². The molecule has 0 saturated carbocycles. The van der Waals surface area contributed by atoms with E-state index in [0.717, 1.165) is 41.8 Å². The van der Waals surface area contributed by atoms with E-state index in [0.29, 0.717) is 6.04 Å². The van der Waals surface area contributed by atoms with E-state index in [1.165, 1.54) is 10.7 Å². The summed E-state index contributed by atoms with van der Waals surface area (Å²) < 4.78 is 3.24. The molecule has 0 amide bonds. The normalized spacial score (nSPS) is 12.8. The zero-order valence-corrected chi connectivity index (χ0v) is 15.5. The van der Waals surface area contributed by atoms with Crippen LogP contribution in [0.25, 0.3) is 0 Å². The van der Waals surface area contributed by atoms with E-state index in [1.807, 2.05) is 13.8 Å². The molecule has 0 aliphatic heterocycles. The zero-order chi connectivity index (χ0) is 15.4. The Morgan fingerprint density at radius 2 is 2.10 bits per heavy atom. The summed E-state index contributed by atoms with van der Waals surface area (Å²) in [4.78, 5) is 4.59. The van der Waals surface area contributed by atoms with Crippen LogP contribution in [0.3, 0.4) is 0 Å². The Morgan fingerprint density at radius 3 is 2.67 bits per heavy atom. The van der Waals surface area contributed by atoms with Crippen molar-refractivity contribution in [3.8, 4) is 0 Å². The van der Waals surface area contributed by atoms with Crippen LogP contribution in [0.2, 0.25) is 0 Å². The van der Waals surface area contributed by atoms with Gasteiger partial charge in [-0.25, -0.2) is 4.98 Å². The third-order valence-electron chi connectivity index (χ3n) is 3.47. The van der Waals surface area contributed by atoms with Gasteiger partial charge in [0.15, 0.2) is 0 Å². The average Bonchev–Trinajstić information content (AvgIpc) is 2.97. The van der Waals surface area contributed by atoms with Crippen LogP contribution >= 0.6 is 27.3 Å². The van der Waals surface area contributed by atoms with Crippen molar-refractivity contribution in [3.63, 3.8) is 0 Å². The maximum atomic E-state index is 4.59. The van der Waals surface area contributed by atoms with Crippen LogP contribution in [-0.2, 0) is 19.4 Å². The molecule has 6 heteroatoms. The van der Waals surface area contributed by atoms with Crippen molar-refractivity contribution in [1.29, 1.82) is 0 Å². The molecule has 0 aliphatic rings. The van der Waals surface area contributed by atoms with Crippen molar-refractivity contribution < 1.29 is 0 Å². The summed E-state index contributed by atoms with van der Waals surface area (Å²) >= 11 is 5.44. The molecule has 21 heavy (non-hydrogen) atoms. The molecule has 0 fully saturated rings. The molecular formula is C15H23BrN4S. The number of likely N-dealkylation sites (N-methyl/N-ethyl adjacent to an activating group) is 1. The molecule has 116 valence electrons. The van der Waals surface area contributed by atoms with Gasteiger partial charge in [0.2, 0.25) is 0 Å². The lowest BCUT2D eigenvalue weighted by Gasteiger charge is -2.17. The van der Waals surface area contributed by atoms with Gasteiger partial charge in [0.05, 0.1) is 20.9 Å². The molecule has 0 aromatic carbocycles. The van der Waals surface area contributed by atoms with Crippen molar-refractivity contribution in [1.82, 2.24) is 20.1 Å². The third-order valence-corrected chi connectivity index (χ3v) is 5.49. The number of aromatic nitrogens is 3. The second-order valence-electron chi connectivity index (χ2n) is 5.21. The highest BCUT2D eigenvalue weighted by atomic mass is 79.9. The standard InChI is InChI=1S/C15H23BrN4S/c1-5-17-12(8-14-18-10(3)9-21-14)7-13-15(16)11(4)19-20(13)6-2/h9,12,17H,5-8H2,1-4H3. The molecule has 4 nitrogen and oxygen atoms in total. The molecule has 0 bridgehead atoms. The van der Waals surface area contributed by atoms with E-state index in [2.05, 4.69) is 55.2 Å². The lowest BCUT2D eigenvalue weighted by molar-refractivity contribution is 0.494. The number of aryl methyl sites for hydroxylation is 3. The fourth-order valence-electron chi connectivity index (χ4n) is 2.51. The fraction of sp³-hybridized carbons (Fsp3) is 0.600. The average molecular weight is 371 g/mol. The van der Waals surface area contributed by atoms with E-state index < -0.39 is 0 Å². The Kier molecular flexibility index (Phi) is 5.96. The first-order valence-electron chi connectivity index (χ1n) is 7.41. The molecule has 0 radical (unpaired) electrons. The van der Waals surface area contributed by atoms with Crippen LogP contribution in [-0.4, -0.2) is 27.4 Å². The summed E-state index contributed by atoms with van der Waals surface area (Å²) in [6, 6.07) is 0.387. The number of nitrogens with one attached hydrogen (secondary N) is 1. The van der Waals surface area contributed by atoms with Gasteiger partial charge < -0.3 is 5.32 Å². The first kappa shape index (κ1) is 16.6. The van der Waals surface area contributed by atoms with Gasteiger partial charge in [0, 0.05) is 36.5 Å². The van der Waals surface area contributed by atoms with Gasteiger partial charge >= 0.3 is 0 Å². The lowest BCUT2D eigenvalue weighted by Crippen LogP contribution is -2.34. The molecule has 1 atom stereocenters. The van der Waals surface area contributed by atoms with Gasteiger partial charge in [-0.1, -0.05) is 6.92 Å². The minimum absolute atomic E-state index is 0.387. The number of thiazole rings is 1. The van der Waals surface area contributed by atoms with Crippen molar-refractivity contribution in [2.24, 2.45) is 0 Å². The minimum atomic E-state index is 0.387. The number of hydrogen-bond acceptors (Lipinski definition) is 4. The van der Waals surface area contributed by atoms with Crippen LogP contribution in [0.1, 0.15) is 35.9 Å². The van der Waals surface area contributed by atoms with Crippen LogP contribution < -0.4 is 5.32 Å². The summed E-state index contributed by atoms with van der Waals surface area (Å²) in [5.74, 6) is 0. The second-order valence-corrected chi connectivity index (χ2v) is 6.94. The summed E-state index contributed by atoms with van der Waals surface area (Å²) in [6.07, 6.45) is 1.93. The SMILES string of the molecule is CCNC(Cc1nc(C)cs1)Cc1c(Br)c(C)nn1CC. The van der Waals surface area contributed by atoms with Gasteiger partial charge in [-0.05, 0) is 43.2 Å². The van der Waals surface area contributed by atoms with Crippen molar-refractivity contribution in [2.75, 3.05) is 6.54 Å². The quantitative estimate of drug-likeness (QED) is 0.810. The predicted octanol–water partition coefficient (Wildman–Crippen LogP) is 3.50. The van der Waals surface area contributed by atoms with Crippen LogP contribution in [0.5, 0.6) is 0 Å². The molecule has 1 unspecified atom stereocenters. The highest BCUT2D eigenvalue weighted by Gasteiger charge is 2.18. The van der Waals surface area contributed by atoms with Gasteiger partial charge in [0.25, 0.3) is 0 Å². The Bertz CT molecular complexity index is 591. The molecular weight excluding hydrogens is 348 g/mol. The van der Waals surface area contributed by atoms with Crippen molar-refractivity contribution >= 4 is 27.3 Å². The van der Waals surface area contributed by atoms with E-state index in [-0.39, 0.29) is 0 Å². The van der Waals surface area contributed by atoms with Crippen LogP contribution in [0.4, 0.5) is 0 Å². The third kappa shape index (κ3) is 4.14. The second kappa shape index (κ2) is 7.51. The fourth-order valence-corrected chi connectivity index (χ4v) is 3.81. The Labute approximate surface area is 139 Å². The summed E-state index contributed by atoms with van der Waals surface area (Å²) in [5.41, 5.74) is 3.45. The highest BCUT2D eigenvalue weighted by Crippen LogP contribution is 2.23. The smallest absolute Gasteiger partial charge is 0.0943 e. The monoisotopic (exact) mass is 370 g/mol. The number of halogens is 1. The van der Waals surface area contributed by atoms with Crippen LogP contribution in [0.15, 0.2) is 9.85 Å². The summed E-state index contributed by atoms with van der Waals surface area (Å²) in [5, 5.41) is 11.5. The molecule has 0 aliphatic carbocycles. The molecule has 0 spiro atoms. The van der Waals surface area contributed by atoms with E-state index in [4.69, 9.17) is 0 Å². The molecule has 1 N–H and O–H groups in total. The lowest BCUT2D eigenvalue weighted by atomic mass is 10.1. The summed E-state index contributed by atoms with van der Waals surface area (Å²) in [6.45, 7) is 10.2. The van der Waals surface area contributed by atoms with Crippen molar-refractivity contribution in [3.05, 3.63) is 31.9 Å². The summed E-state index contributed by atoms with van der Waals surface area (Å²) in [7, 11) is 0. The largest absolute Gasteiger partial charge is 0.313 e. The van der Waals surface area contributed by atoms with E-state index in [9.17, 15) is 0 Å². The first-order valence-corrected chi connectivity index (χ1v) is 9.08.